The third-order valence-electron chi connectivity index (χ3n) is 2.87. The Balaban J connectivity index is 2.12. The predicted octanol–water partition coefficient (Wildman–Crippen LogP) is 2.97. The van der Waals surface area contributed by atoms with Gasteiger partial charge < -0.3 is 4.74 Å². The summed E-state index contributed by atoms with van der Waals surface area (Å²) in [4.78, 5) is 0. The van der Waals surface area contributed by atoms with Crippen LogP contribution >= 0.6 is 0 Å². The lowest BCUT2D eigenvalue weighted by Crippen LogP contribution is -2.15. The van der Waals surface area contributed by atoms with E-state index in [4.69, 9.17) is 4.74 Å². The number of hydrogen-bond acceptors (Lipinski definition) is 1. The topological polar surface area (TPSA) is 9.23 Å². The molecule has 0 aromatic heterocycles. The Bertz CT molecular complexity index is 429. The van der Waals surface area contributed by atoms with Gasteiger partial charge in [-0.25, -0.2) is 0 Å². The number of fused-ring (bicyclic) bond motifs is 3. The van der Waals surface area contributed by atoms with Crippen molar-refractivity contribution in [2.75, 3.05) is 0 Å². The van der Waals surface area contributed by atoms with Gasteiger partial charge in [-0.05, 0) is 19.1 Å². The Morgan fingerprint density at radius 2 is 2.00 bits per heavy atom. The molecule has 0 saturated heterocycles. The Hall–Kier alpha value is -1.50. The molecule has 70 valence electrons. The number of aryl methyl sites for hydroxylation is 1. The summed E-state index contributed by atoms with van der Waals surface area (Å²) >= 11 is 0. The molecule has 1 aliphatic heterocycles. The van der Waals surface area contributed by atoms with Gasteiger partial charge in [0.25, 0.3) is 0 Å². The van der Waals surface area contributed by atoms with Gasteiger partial charge in [0, 0.05) is 11.5 Å². The van der Waals surface area contributed by atoms with Crippen molar-refractivity contribution >= 4 is 0 Å². The SMILES string of the molecule is Cc1ccc2c(c1)[C@H]1C=CC=C[C@H]1O2. The van der Waals surface area contributed by atoms with Crippen LogP contribution in [0.25, 0.3) is 0 Å². The number of ether oxygens (including phenoxy) is 1. The standard InChI is InChI=1S/C13H12O/c1-9-6-7-13-11(8-9)10-4-2-3-5-12(10)14-13/h2-8,10,12H,1H3/t10-,12-/m1/s1. The molecule has 1 aliphatic carbocycles. The van der Waals surface area contributed by atoms with Gasteiger partial charge in [-0.1, -0.05) is 35.9 Å². The van der Waals surface area contributed by atoms with E-state index in [1.807, 2.05) is 0 Å². The molecule has 0 fully saturated rings. The second kappa shape index (κ2) is 2.74. The first-order valence-electron chi connectivity index (χ1n) is 4.97. The maximum Gasteiger partial charge on any atom is 0.128 e. The van der Waals surface area contributed by atoms with Crippen LogP contribution in [0, 0.1) is 6.92 Å². The minimum Gasteiger partial charge on any atom is -0.485 e. The molecule has 0 spiro atoms. The maximum absolute atomic E-state index is 5.83. The number of allylic oxidation sites excluding steroid dienone is 2. The van der Waals surface area contributed by atoms with Gasteiger partial charge in [0.15, 0.2) is 0 Å². The van der Waals surface area contributed by atoms with Gasteiger partial charge in [-0.2, -0.15) is 0 Å². The molecule has 0 N–H and O–H groups in total. The normalized spacial score (nSPS) is 26.9. The smallest absolute Gasteiger partial charge is 0.128 e. The summed E-state index contributed by atoms with van der Waals surface area (Å²) in [6.45, 7) is 2.12. The zero-order chi connectivity index (χ0) is 9.54. The molecule has 1 nitrogen and oxygen atoms in total. The Morgan fingerprint density at radius 1 is 1.14 bits per heavy atom. The molecule has 1 aromatic rings. The fourth-order valence-electron chi connectivity index (χ4n) is 2.16. The summed E-state index contributed by atoms with van der Waals surface area (Å²) < 4.78 is 5.83. The molecule has 0 unspecified atom stereocenters. The van der Waals surface area contributed by atoms with E-state index in [0.29, 0.717) is 5.92 Å². The van der Waals surface area contributed by atoms with Crippen LogP contribution in [-0.2, 0) is 0 Å². The summed E-state index contributed by atoms with van der Waals surface area (Å²) in [5.41, 5.74) is 2.63. The van der Waals surface area contributed by atoms with Crippen molar-refractivity contribution in [1.82, 2.24) is 0 Å². The quantitative estimate of drug-likeness (QED) is 0.602. The van der Waals surface area contributed by atoms with Crippen molar-refractivity contribution < 1.29 is 4.74 Å². The Kier molecular flexibility index (Phi) is 1.54. The van der Waals surface area contributed by atoms with Crippen molar-refractivity contribution in [3.05, 3.63) is 53.6 Å². The van der Waals surface area contributed by atoms with E-state index in [1.165, 1.54) is 11.1 Å². The predicted molar refractivity (Wildman–Crippen MR) is 56.6 cm³/mol. The lowest BCUT2D eigenvalue weighted by molar-refractivity contribution is 0.269. The molecule has 2 aliphatic rings. The monoisotopic (exact) mass is 184 g/mol. The molecule has 1 heterocycles. The molecule has 1 heteroatoms. The minimum absolute atomic E-state index is 0.219. The van der Waals surface area contributed by atoms with E-state index in [9.17, 15) is 0 Å². The zero-order valence-corrected chi connectivity index (χ0v) is 8.10. The van der Waals surface area contributed by atoms with Gasteiger partial charge in [0.2, 0.25) is 0 Å². The first-order chi connectivity index (χ1) is 6.84. The molecular formula is C13H12O. The highest BCUT2D eigenvalue weighted by atomic mass is 16.5. The average molecular weight is 184 g/mol. The third kappa shape index (κ3) is 1.02. The van der Waals surface area contributed by atoms with Crippen molar-refractivity contribution in [3.8, 4) is 5.75 Å². The van der Waals surface area contributed by atoms with E-state index in [0.717, 1.165) is 5.75 Å². The molecule has 14 heavy (non-hydrogen) atoms. The fraction of sp³-hybridized carbons (Fsp3) is 0.231. The van der Waals surface area contributed by atoms with Crippen LogP contribution in [0.15, 0.2) is 42.5 Å². The van der Waals surface area contributed by atoms with Gasteiger partial charge >= 0.3 is 0 Å². The minimum atomic E-state index is 0.219. The van der Waals surface area contributed by atoms with E-state index >= 15 is 0 Å². The van der Waals surface area contributed by atoms with Crippen LogP contribution in [-0.4, -0.2) is 6.10 Å². The van der Waals surface area contributed by atoms with Crippen molar-refractivity contribution in [1.29, 1.82) is 0 Å². The molecular weight excluding hydrogens is 172 g/mol. The highest BCUT2D eigenvalue weighted by Gasteiger charge is 2.31. The lowest BCUT2D eigenvalue weighted by Gasteiger charge is -2.13. The van der Waals surface area contributed by atoms with Crippen LogP contribution in [0.4, 0.5) is 0 Å². The lowest BCUT2D eigenvalue weighted by atomic mass is 9.91. The van der Waals surface area contributed by atoms with Crippen LogP contribution < -0.4 is 4.74 Å². The van der Waals surface area contributed by atoms with Crippen LogP contribution in [0.1, 0.15) is 17.0 Å². The molecule has 0 radical (unpaired) electrons. The molecule has 2 atom stereocenters. The van der Waals surface area contributed by atoms with Crippen LogP contribution in [0.3, 0.4) is 0 Å². The van der Waals surface area contributed by atoms with Gasteiger partial charge in [-0.15, -0.1) is 0 Å². The first kappa shape index (κ1) is 7.86. The third-order valence-corrected chi connectivity index (χ3v) is 2.87. The summed E-state index contributed by atoms with van der Waals surface area (Å²) in [5.74, 6) is 1.47. The van der Waals surface area contributed by atoms with E-state index in [1.54, 1.807) is 0 Å². The zero-order valence-electron chi connectivity index (χ0n) is 8.10. The first-order valence-corrected chi connectivity index (χ1v) is 4.97. The Labute approximate surface area is 83.7 Å². The molecule has 1 aromatic carbocycles. The molecule has 0 bridgehead atoms. The number of rotatable bonds is 0. The summed E-state index contributed by atoms with van der Waals surface area (Å²) in [6.07, 6.45) is 8.72. The van der Waals surface area contributed by atoms with Gasteiger partial charge in [-0.3, -0.25) is 0 Å². The summed E-state index contributed by atoms with van der Waals surface area (Å²) in [7, 11) is 0. The molecule has 3 rings (SSSR count). The van der Waals surface area contributed by atoms with E-state index in [-0.39, 0.29) is 6.10 Å². The second-order valence-electron chi connectivity index (χ2n) is 3.92. The van der Waals surface area contributed by atoms with Crippen molar-refractivity contribution in [2.24, 2.45) is 0 Å². The molecule has 0 amide bonds. The average Bonchev–Trinajstić information content (AvgIpc) is 2.56. The number of benzene rings is 1. The highest BCUT2D eigenvalue weighted by molar-refractivity contribution is 5.48. The van der Waals surface area contributed by atoms with Crippen molar-refractivity contribution in [3.63, 3.8) is 0 Å². The largest absolute Gasteiger partial charge is 0.485 e. The Morgan fingerprint density at radius 3 is 2.93 bits per heavy atom. The summed E-state index contributed by atoms with van der Waals surface area (Å²) in [5, 5.41) is 0. The number of hydrogen-bond donors (Lipinski definition) is 0. The van der Waals surface area contributed by atoms with E-state index in [2.05, 4.69) is 49.4 Å². The van der Waals surface area contributed by atoms with Gasteiger partial charge in [0.1, 0.15) is 11.9 Å². The second-order valence-corrected chi connectivity index (χ2v) is 3.92. The highest BCUT2D eigenvalue weighted by Crippen LogP contribution is 2.41. The van der Waals surface area contributed by atoms with Crippen LogP contribution in [0.5, 0.6) is 5.75 Å². The maximum atomic E-state index is 5.83. The molecule has 0 saturated carbocycles. The van der Waals surface area contributed by atoms with Gasteiger partial charge in [0.05, 0.1) is 0 Å². The van der Waals surface area contributed by atoms with Crippen LogP contribution in [0.2, 0.25) is 0 Å². The fourth-order valence-corrected chi connectivity index (χ4v) is 2.16. The summed E-state index contributed by atoms with van der Waals surface area (Å²) in [6, 6.07) is 6.40. The van der Waals surface area contributed by atoms with E-state index < -0.39 is 0 Å². The van der Waals surface area contributed by atoms with Crippen molar-refractivity contribution in [2.45, 2.75) is 18.9 Å².